The Labute approximate surface area is 32.8 Å². The van der Waals surface area contributed by atoms with E-state index in [1.807, 2.05) is 0 Å². The van der Waals surface area contributed by atoms with E-state index >= 15 is 0 Å². The van der Waals surface area contributed by atoms with Crippen molar-refractivity contribution in [1.29, 1.82) is 0 Å². The molecule has 0 bridgehead atoms. The van der Waals surface area contributed by atoms with E-state index in [1.165, 1.54) is 0 Å². The van der Waals surface area contributed by atoms with Gasteiger partial charge in [0.1, 0.15) is 0 Å². The lowest BCUT2D eigenvalue weighted by Crippen LogP contribution is -1.56. The largest absolute Gasteiger partial charge is 0.358 e. The number of hydrogen-bond donors (Lipinski definition) is 0. The summed E-state index contributed by atoms with van der Waals surface area (Å²) in [5.74, 6) is 0. The van der Waals surface area contributed by atoms with Gasteiger partial charge in [0.05, 0.1) is 0 Å². The number of hydrogen-bond acceptors (Lipinski definition) is 1. The fourth-order valence-electron chi connectivity index (χ4n) is 0. The molecule has 32 valence electrons. The molecule has 0 saturated carbocycles. The third-order valence-corrected chi connectivity index (χ3v) is 0. The van der Waals surface area contributed by atoms with E-state index in [0.717, 1.165) is 0 Å². The molecule has 0 aromatic carbocycles. The van der Waals surface area contributed by atoms with Gasteiger partial charge in [0.25, 0.3) is 0 Å². The van der Waals surface area contributed by atoms with Crippen molar-refractivity contribution in [2.45, 2.75) is 0 Å². The first-order valence-corrected chi connectivity index (χ1v) is 4.18. The molecular weight excluding hydrogens is 83.0 g/mol. The highest BCUT2D eigenvalue weighted by atomic mass is 31.2. The summed E-state index contributed by atoms with van der Waals surface area (Å²) in [7, 11) is -1.89. The van der Waals surface area contributed by atoms with E-state index in [9.17, 15) is 4.57 Å². The summed E-state index contributed by atoms with van der Waals surface area (Å²) >= 11 is 0. The molecule has 5 heavy (non-hydrogen) atoms. The van der Waals surface area contributed by atoms with Gasteiger partial charge in [0, 0.05) is 0 Å². The molecule has 0 saturated heterocycles. The third kappa shape index (κ3) is 398. The molecule has 0 aromatic rings. The van der Waals surface area contributed by atoms with Gasteiger partial charge in [-0.3, -0.25) is 6.66 Å². The van der Waals surface area contributed by atoms with Crippen LogP contribution in [0.15, 0.2) is 0 Å². The Balaban J connectivity index is 3.47. The standard InChI is InChI=1S/C3H8OP/c1-5(2,3)4/h1H2,2-3H3/q-1. The lowest BCUT2D eigenvalue weighted by Gasteiger charge is -1.98. The van der Waals surface area contributed by atoms with Crippen molar-refractivity contribution < 1.29 is 4.57 Å². The molecule has 0 N–H and O–H groups in total. The van der Waals surface area contributed by atoms with Gasteiger partial charge in [-0.2, -0.15) is 0 Å². The molecule has 0 spiro atoms. The smallest absolute Gasteiger partial charge is 0.0375 e. The van der Waals surface area contributed by atoms with Gasteiger partial charge >= 0.3 is 0 Å². The quantitative estimate of drug-likeness (QED) is 0.325. The van der Waals surface area contributed by atoms with E-state index in [4.69, 9.17) is 0 Å². The van der Waals surface area contributed by atoms with Crippen LogP contribution in [0.2, 0.25) is 0 Å². The highest BCUT2D eigenvalue weighted by Crippen LogP contribution is 2.31. The van der Waals surface area contributed by atoms with E-state index in [0.29, 0.717) is 0 Å². The molecule has 0 rings (SSSR count). The van der Waals surface area contributed by atoms with E-state index < -0.39 is 7.14 Å². The van der Waals surface area contributed by atoms with Gasteiger partial charge in [0.2, 0.25) is 0 Å². The third-order valence-electron chi connectivity index (χ3n) is 0. The summed E-state index contributed by atoms with van der Waals surface area (Å²) in [6.07, 6.45) is 0. The van der Waals surface area contributed by atoms with Crippen LogP contribution in [0.5, 0.6) is 0 Å². The molecule has 1 nitrogen and oxygen atoms in total. The minimum Gasteiger partial charge on any atom is -0.358 e. The molecule has 0 aliphatic heterocycles. The average Bonchev–Trinajstić information content (AvgIpc) is 0.722. The minimum absolute atomic E-state index is 1.63. The van der Waals surface area contributed by atoms with E-state index in [-0.39, 0.29) is 0 Å². The maximum absolute atomic E-state index is 10.1. The predicted octanol–water partition coefficient (Wildman–Crippen LogP) is 1.40. The van der Waals surface area contributed by atoms with Crippen molar-refractivity contribution in [3.05, 3.63) is 6.66 Å². The zero-order valence-electron chi connectivity index (χ0n) is 3.56. The van der Waals surface area contributed by atoms with Gasteiger partial charge in [0.15, 0.2) is 0 Å². The summed E-state index contributed by atoms with van der Waals surface area (Å²) in [6, 6.07) is 0. The molecule has 2 heteroatoms. The summed E-state index contributed by atoms with van der Waals surface area (Å²) in [6.45, 7) is 6.59. The van der Waals surface area contributed by atoms with Gasteiger partial charge < -0.3 is 4.57 Å². The topological polar surface area (TPSA) is 17.1 Å². The van der Waals surface area contributed by atoms with Crippen LogP contribution in [-0.2, 0) is 4.57 Å². The Kier molecular flexibility index (Phi) is 1.19. The Hall–Kier alpha value is 0.230. The van der Waals surface area contributed by atoms with Crippen LogP contribution in [0.25, 0.3) is 0 Å². The second-order valence-corrected chi connectivity index (χ2v) is 4.72. The Bertz CT molecular complexity index is 53.0. The molecule has 0 atom stereocenters. The first-order valence-electron chi connectivity index (χ1n) is 1.39. The van der Waals surface area contributed by atoms with Crippen LogP contribution in [0, 0.1) is 6.66 Å². The predicted molar refractivity (Wildman–Crippen MR) is 24.8 cm³/mol. The first-order chi connectivity index (χ1) is 2.00. The zero-order chi connectivity index (χ0) is 4.50. The van der Waals surface area contributed by atoms with Crippen LogP contribution in [0.1, 0.15) is 0 Å². The van der Waals surface area contributed by atoms with Gasteiger partial charge in [-0.15, -0.1) is 0 Å². The van der Waals surface area contributed by atoms with Crippen LogP contribution in [0.4, 0.5) is 0 Å². The van der Waals surface area contributed by atoms with Crippen LogP contribution >= 0.6 is 7.14 Å². The van der Waals surface area contributed by atoms with Crippen molar-refractivity contribution >= 4 is 7.14 Å². The lowest BCUT2D eigenvalue weighted by molar-refractivity contribution is 0.588. The normalized spacial score (nSPS) is 11.8. The van der Waals surface area contributed by atoms with Gasteiger partial charge in [-0.25, -0.2) is 0 Å². The fourth-order valence-corrected chi connectivity index (χ4v) is 0. The van der Waals surface area contributed by atoms with Crippen LogP contribution < -0.4 is 0 Å². The summed E-state index contributed by atoms with van der Waals surface area (Å²) in [4.78, 5) is 0. The van der Waals surface area contributed by atoms with Crippen LogP contribution in [-0.4, -0.2) is 13.3 Å². The van der Waals surface area contributed by atoms with Crippen molar-refractivity contribution in [3.8, 4) is 0 Å². The zero-order valence-corrected chi connectivity index (χ0v) is 4.46. The Morgan fingerprint density at radius 3 is 1.60 bits per heavy atom. The molecule has 0 unspecified atom stereocenters. The molecule has 0 aliphatic carbocycles. The molecule has 0 fully saturated rings. The second kappa shape index (κ2) is 1.14. The SMILES string of the molecule is [CH2-]P(C)(C)=O. The monoisotopic (exact) mass is 91.0 g/mol. The average molecular weight is 91.1 g/mol. The summed E-state index contributed by atoms with van der Waals surface area (Å²) in [5.41, 5.74) is 0. The summed E-state index contributed by atoms with van der Waals surface area (Å²) in [5, 5.41) is 0. The minimum atomic E-state index is -1.89. The maximum atomic E-state index is 10.1. The van der Waals surface area contributed by atoms with Gasteiger partial charge in [-0.05, 0) is 13.3 Å². The number of rotatable bonds is 0. The van der Waals surface area contributed by atoms with E-state index in [1.54, 1.807) is 13.3 Å². The molecule has 0 aromatic heterocycles. The van der Waals surface area contributed by atoms with E-state index in [2.05, 4.69) is 6.66 Å². The molecule has 0 amide bonds. The first kappa shape index (κ1) is 5.23. The highest BCUT2D eigenvalue weighted by Gasteiger charge is 1.77. The summed E-state index contributed by atoms with van der Waals surface area (Å²) < 4.78 is 10.1. The van der Waals surface area contributed by atoms with Crippen molar-refractivity contribution in [2.75, 3.05) is 13.3 Å². The molecular formula is C3H8OP-. The van der Waals surface area contributed by atoms with Crippen LogP contribution in [0.3, 0.4) is 0 Å². The molecule has 0 heterocycles. The maximum Gasteiger partial charge on any atom is -0.0375 e. The lowest BCUT2D eigenvalue weighted by atomic mass is 11.9. The van der Waals surface area contributed by atoms with Crippen molar-refractivity contribution in [3.63, 3.8) is 0 Å². The second-order valence-electron chi connectivity index (χ2n) is 1.57. The van der Waals surface area contributed by atoms with Crippen molar-refractivity contribution in [2.24, 2.45) is 0 Å². The fraction of sp³-hybridized carbons (Fsp3) is 0.667. The van der Waals surface area contributed by atoms with Crippen molar-refractivity contribution in [1.82, 2.24) is 0 Å². The molecule has 0 aliphatic rings. The van der Waals surface area contributed by atoms with Gasteiger partial charge in [-0.1, -0.05) is 7.14 Å². The molecule has 0 radical (unpaired) electrons. The Morgan fingerprint density at radius 1 is 1.60 bits per heavy atom. The Morgan fingerprint density at radius 2 is 1.60 bits per heavy atom. The highest BCUT2D eigenvalue weighted by molar-refractivity contribution is 7.63.